The minimum absolute atomic E-state index is 0.0231. The number of hydrogen-bond donors (Lipinski definition) is 2. The van der Waals surface area contributed by atoms with Gasteiger partial charge < -0.3 is 15.3 Å². The van der Waals surface area contributed by atoms with E-state index in [-0.39, 0.29) is 18.7 Å². The second-order valence-corrected chi connectivity index (χ2v) is 6.21. The third-order valence-corrected chi connectivity index (χ3v) is 4.54. The molecule has 104 valence electrons. The first-order valence-electron chi connectivity index (χ1n) is 6.87. The molecule has 0 aliphatic heterocycles. The number of rotatable bonds is 6. The molecule has 2 N–H and O–H groups in total. The van der Waals surface area contributed by atoms with Crippen molar-refractivity contribution in [2.24, 2.45) is 5.92 Å². The van der Waals surface area contributed by atoms with Crippen LogP contribution in [0.15, 0.2) is 11.6 Å². The van der Waals surface area contributed by atoms with E-state index in [2.05, 4.69) is 10.3 Å². The van der Waals surface area contributed by atoms with Crippen molar-refractivity contribution >= 4 is 17.4 Å². The number of nitrogens with zero attached hydrogens (tertiary/aromatic N) is 2. The number of urea groups is 1. The molecule has 2 amide bonds. The highest BCUT2D eigenvalue weighted by Gasteiger charge is 2.38. The van der Waals surface area contributed by atoms with Gasteiger partial charge in [-0.05, 0) is 31.6 Å². The molecule has 1 aromatic rings. The number of hydrogen-bond acceptors (Lipinski definition) is 4. The lowest BCUT2D eigenvalue weighted by atomic mass is 10.2. The van der Waals surface area contributed by atoms with Gasteiger partial charge in [-0.3, -0.25) is 0 Å². The van der Waals surface area contributed by atoms with Crippen LogP contribution < -0.4 is 5.32 Å². The highest BCUT2D eigenvalue weighted by molar-refractivity contribution is 7.09. The molecule has 1 atom stereocenters. The molecule has 0 unspecified atom stereocenters. The Balaban J connectivity index is 1.65. The van der Waals surface area contributed by atoms with E-state index in [9.17, 15) is 4.79 Å². The van der Waals surface area contributed by atoms with Crippen LogP contribution in [0.1, 0.15) is 36.7 Å². The van der Waals surface area contributed by atoms with Crippen molar-refractivity contribution in [2.75, 3.05) is 13.2 Å². The van der Waals surface area contributed by atoms with Gasteiger partial charge >= 0.3 is 6.03 Å². The Labute approximate surface area is 116 Å². The second kappa shape index (κ2) is 5.46. The zero-order valence-electron chi connectivity index (χ0n) is 10.8. The van der Waals surface area contributed by atoms with Gasteiger partial charge in [-0.2, -0.15) is 0 Å². The Morgan fingerprint density at radius 2 is 2.32 bits per heavy atom. The van der Waals surface area contributed by atoms with E-state index in [0.29, 0.717) is 18.5 Å². The Bertz CT molecular complexity index is 429. The van der Waals surface area contributed by atoms with Crippen molar-refractivity contribution in [1.29, 1.82) is 0 Å². The maximum atomic E-state index is 12.3. The second-order valence-electron chi connectivity index (χ2n) is 5.28. The maximum absolute atomic E-state index is 12.3. The van der Waals surface area contributed by atoms with Gasteiger partial charge in [0.2, 0.25) is 0 Å². The van der Waals surface area contributed by atoms with Crippen LogP contribution in [0.3, 0.4) is 0 Å². The molecule has 0 aromatic carbocycles. The first kappa shape index (κ1) is 12.9. The number of carbonyl (C=O) groups excluding carboxylic acids is 1. The van der Waals surface area contributed by atoms with Gasteiger partial charge in [-0.1, -0.05) is 0 Å². The summed E-state index contributed by atoms with van der Waals surface area (Å²) < 4.78 is 0. The van der Waals surface area contributed by atoms with Gasteiger partial charge in [0.15, 0.2) is 0 Å². The zero-order valence-corrected chi connectivity index (χ0v) is 11.6. The molecule has 0 bridgehead atoms. The number of aromatic nitrogens is 1. The van der Waals surface area contributed by atoms with E-state index in [0.717, 1.165) is 30.7 Å². The molecule has 5 nitrogen and oxygen atoms in total. The van der Waals surface area contributed by atoms with Gasteiger partial charge in [-0.15, -0.1) is 11.3 Å². The highest BCUT2D eigenvalue weighted by Crippen LogP contribution is 2.41. The van der Waals surface area contributed by atoms with E-state index in [1.165, 1.54) is 0 Å². The molecule has 0 radical (unpaired) electrons. The van der Waals surface area contributed by atoms with E-state index < -0.39 is 0 Å². The van der Waals surface area contributed by atoms with Crippen LogP contribution in [0.4, 0.5) is 4.79 Å². The Morgan fingerprint density at radius 1 is 1.53 bits per heavy atom. The van der Waals surface area contributed by atoms with Gasteiger partial charge in [0.1, 0.15) is 5.01 Å². The summed E-state index contributed by atoms with van der Waals surface area (Å²) >= 11 is 1.60. The van der Waals surface area contributed by atoms with Crippen LogP contribution in [0.25, 0.3) is 0 Å². The topological polar surface area (TPSA) is 65.5 Å². The van der Waals surface area contributed by atoms with Gasteiger partial charge in [-0.25, -0.2) is 9.78 Å². The fraction of sp³-hybridized carbons (Fsp3) is 0.692. The fourth-order valence-electron chi connectivity index (χ4n) is 2.36. The first-order valence-corrected chi connectivity index (χ1v) is 7.75. The molecule has 2 fully saturated rings. The third-order valence-electron chi connectivity index (χ3n) is 3.68. The average Bonchev–Trinajstić information content (AvgIpc) is 3.32. The molecule has 0 spiro atoms. The monoisotopic (exact) mass is 281 g/mol. The number of thiazole rings is 1. The van der Waals surface area contributed by atoms with Crippen LogP contribution in [-0.2, 0) is 0 Å². The summed E-state index contributed by atoms with van der Waals surface area (Å²) in [5, 5.41) is 15.1. The predicted octanol–water partition coefficient (Wildman–Crippen LogP) is 1.76. The molecule has 3 rings (SSSR count). The third kappa shape index (κ3) is 3.06. The van der Waals surface area contributed by atoms with E-state index >= 15 is 0 Å². The molecule has 2 aliphatic rings. The SMILES string of the molecule is O=C(N[C@H](c1nccs1)C1CC1)N(CCO)C1CC1. The van der Waals surface area contributed by atoms with E-state index in [1.807, 2.05) is 5.38 Å². The average molecular weight is 281 g/mol. The summed E-state index contributed by atoms with van der Waals surface area (Å²) in [4.78, 5) is 18.4. The number of nitrogens with one attached hydrogen (secondary N) is 1. The van der Waals surface area contributed by atoms with Gasteiger partial charge in [0.05, 0.1) is 12.6 Å². The van der Waals surface area contributed by atoms with Gasteiger partial charge in [0.25, 0.3) is 0 Å². The van der Waals surface area contributed by atoms with Gasteiger partial charge in [0, 0.05) is 24.2 Å². The molecular formula is C13H19N3O2S. The lowest BCUT2D eigenvalue weighted by Gasteiger charge is -2.25. The molecule has 1 aromatic heterocycles. The van der Waals surface area contributed by atoms with Crippen molar-refractivity contribution < 1.29 is 9.90 Å². The molecule has 19 heavy (non-hydrogen) atoms. The lowest BCUT2D eigenvalue weighted by molar-refractivity contribution is 0.169. The summed E-state index contributed by atoms with van der Waals surface area (Å²) in [5.74, 6) is 0.533. The smallest absolute Gasteiger partial charge is 0.318 e. The first-order chi connectivity index (χ1) is 9.29. The number of amides is 2. The molecule has 0 saturated heterocycles. The molecule has 2 aliphatic carbocycles. The molecule has 2 saturated carbocycles. The van der Waals surface area contributed by atoms with Crippen LogP contribution in [0.2, 0.25) is 0 Å². The summed E-state index contributed by atoms with van der Waals surface area (Å²) in [6.07, 6.45) is 6.22. The number of aliphatic hydroxyl groups excluding tert-OH is 1. The van der Waals surface area contributed by atoms with E-state index in [1.54, 1.807) is 22.4 Å². The summed E-state index contributed by atoms with van der Waals surface area (Å²) in [5.41, 5.74) is 0. The molecular weight excluding hydrogens is 262 g/mol. The Morgan fingerprint density at radius 3 is 2.84 bits per heavy atom. The van der Waals surface area contributed by atoms with Crippen LogP contribution >= 0.6 is 11.3 Å². The summed E-state index contributed by atoms with van der Waals surface area (Å²) in [6, 6.07) is 0.319. The Hall–Kier alpha value is -1.14. The molecule has 1 heterocycles. The Kier molecular flexibility index (Phi) is 3.70. The van der Waals surface area contributed by atoms with Crippen molar-refractivity contribution in [3.8, 4) is 0 Å². The minimum atomic E-state index is -0.0522. The summed E-state index contributed by atoms with van der Waals surface area (Å²) in [6.45, 7) is 0.445. The van der Waals surface area contributed by atoms with Crippen LogP contribution in [-0.4, -0.2) is 40.2 Å². The highest BCUT2D eigenvalue weighted by atomic mass is 32.1. The normalized spacial score (nSPS) is 20.1. The number of carbonyl (C=O) groups is 1. The minimum Gasteiger partial charge on any atom is -0.395 e. The largest absolute Gasteiger partial charge is 0.395 e. The van der Waals surface area contributed by atoms with Crippen molar-refractivity contribution in [1.82, 2.24) is 15.2 Å². The quantitative estimate of drug-likeness (QED) is 0.835. The van der Waals surface area contributed by atoms with Crippen LogP contribution in [0.5, 0.6) is 0 Å². The predicted molar refractivity (Wildman–Crippen MR) is 72.9 cm³/mol. The van der Waals surface area contributed by atoms with E-state index in [4.69, 9.17) is 5.11 Å². The maximum Gasteiger partial charge on any atom is 0.318 e. The number of aliphatic hydroxyl groups is 1. The van der Waals surface area contributed by atoms with Crippen molar-refractivity contribution in [3.05, 3.63) is 16.6 Å². The zero-order chi connectivity index (χ0) is 13.2. The van der Waals surface area contributed by atoms with Crippen LogP contribution in [0, 0.1) is 5.92 Å². The fourth-order valence-corrected chi connectivity index (χ4v) is 3.14. The van der Waals surface area contributed by atoms with Crippen molar-refractivity contribution in [2.45, 2.75) is 37.8 Å². The summed E-state index contributed by atoms with van der Waals surface area (Å²) in [7, 11) is 0. The van der Waals surface area contributed by atoms with Crippen molar-refractivity contribution in [3.63, 3.8) is 0 Å². The lowest BCUT2D eigenvalue weighted by Crippen LogP contribution is -2.44. The molecule has 6 heteroatoms. The standard InChI is InChI=1S/C13H19N3O2S/c17-7-6-16(10-3-4-10)13(18)15-11(9-1-2-9)12-14-5-8-19-12/h5,8-11,17H,1-4,6-7H2,(H,15,18)/t11-/m0/s1.